The SMILES string of the molecule is C[N+]1(C)CC[C@@H](Oc2ccc(-c3noc(C(F)(F)F)n3)cn2)C1. The molecule has 0 bridgehead atoms. The number of halogens is 3. The molecule has 9 heteroatoms. The van der Waals surface area contributed by atoms with Crippen LogP contribution in [0.25, 0.3) is 11.4 Å². The van der Waals surface area contributed by atoms with Crippen molar-refractivity contribution >= 4 is 0 Å². The number of ether oxygens (including phenoxy) is 1. The second kappa shape index (κ2) is 5.48. The zero-order valence-electron chi connectivity index (χ0n) is 12.7. The third kappa shape index (κ3) is 3.61. The summed E-state index contributed by atoms with van der Waals surface area (Å²) in [5.41, 5.74) is 0.333. The summed E-state index contributed by atoms with van der Waals surface area (Å²) in [6.07, 6.45) is -2.26. The Labute approximate surface area is 130 Å². The van der Waals surface area contributed by atoms with E-state index in [1.54, 1.807) is 12.1 Å². The highest BCUT2D eigenvalue weighted by molar-refractivity contribution is 5.53. The van der Waals surface area contributed by atoms with E-state index in [-0.39, 0.29) is 11.9 Å². The number of likely N-dealkylation sites (N-methyl/N-ethyl adjacent to an activating group) is 1. The molecule has 2 aromatic heterocycles. The normalized spacial score (nSPS) is 20.7. The Morgan fingerprint density at radius 3 is 2.61 bits per heavy atom. The lowest BCUT2D eigenvalue weighted by molar-refractivity contribution is -0.879. The van der Waals surface area contributed by atoms with E-state index in [4.69, 9.17) is 4.74 Å². The molecular formula is C14H16F3N4O2+. The van der Waals surface area contributed by atoms with E-state index in [9.17, 15) is 13.2 Å². The Kier molecular flexibility index (Phi) is 3.75. The number of aromatic nitrogens is 3. The van der Waals surface area contributed by atoms with Crippen LogP contribution in [0.1, 0.15) is 12.3 Å². The summed E-state index contributed by atoms with van der Waals surface area (Å²) >= 11 is 0. The predicted octanol–water partition coefficient (Wildman–Crippen LogP) is 2.38. The van der Waals surface area contributed by atoms with Crippen LogP contribution in [-0.2, 0) is 6.18 Å². The minimum absolute atomic E-state index is 0.0883. The Morgan fingerprint density at radius 1 is 1.30 bits per heavy atom. The van der Waals surface area contributed by atoms with Gasteiger partial charge in [0.1, 0.15) is 6.54 Å². The maximum absolute atomic E-state index is 12.4. The molecule has 1 atom stereocenters. The third-order valence-electron chi connectivity index (χ3n) is 3.70. The molecule has 0 N–H and O–H groups in total. The summed E-state index contributed by atoms with van der Waals surface area (Å²) in [7, 11) is 4.27. The first kappa shape index (κ1) is 15.7. The standard InChI is InChI=1S/C14H16F3N4O2/c1-21(2)6-5-10(8-21)22-11-4-3-9(7-18-11)12-19-13(23-20-12)14(15,16)17/h3-4,7,10H,5-6,8H2,1-2H3/q+1/t10-/m1/s1. The molecule has 0 unspecified atom stereocenters. The van der Waals surface area contributed by atoms with Gasteiger partial charge in [0.25, 0.3) is 0 Å². The highest BCUT2D eigenvalue weighted by Gasteiger charge is 2.38. The third-order valence-corrected chi connectivity index (χ3v) is 3.70. The molecule has 0 saturated carbocycles. The van der Waals surface area contributed by atoms with Gasteiger partial charge in [-0.25, -0.2) is 4.98 Å². The molecule has 0 amide bonds. The molecule has 6 nitrogen and oxygen atoms in total. The fourth-order valence-electron chi connectivity index (χ4n) is 2.53. The highest BCUT2D eigenvalue weighted by Crippen LogP contribution is 2.29. The van der Waals surface area contributed by atoms with Crippen molar-refractivity contribution in [3.8, 4) is 17.3 Å². The Morgan fingerprint density at radius 2 is 2.09 bits per heavy atom. The highest BCUT2D eigenvalue weighted by atomic mass is 19.4. The maximum atomic E-state index is 12.4. The molecule has 0 radical (unpaired) electrons. The number of likely N-dealkylation sites (tertiary alicyclic amines) is 1. The Balaban J connectivity index is 1.69. The molecule has 124 valence electrons. The number of hydrogen-bond donors (Lipinski definition) is 0. The minimum atomic E-state index is -4.66. The monoisotopic (exact) mass is 329 g/mol. The molecule has 0 aromatic carbocycles. The molecule has 1 aliphatic heterocycles. The second-order valence-electron chi connectivity index (χ2n) is 6.18. The summed E-state index contributed by atoms with van der Waals surface area (Å²) in [4.78, 5) is 7.42. The first-order valence-electron chi connectivity index (χ1n) is 7.09. The maximum Gasteiger partial charge on any atom is 0.471 e. The molecule has 3 heterocycles. The number of rotatable bonds is 3. The molecule has 23 heavy (non-hydrogen) atoms. The second-order valence-corrected chi connectivity index (χ2v) is 6.18. The van der Waals surface area contributed by atoms with Crippen molar-refractivity contribution in [2.75, 3.05) is 27.2 Å². The summed E-state index contributed by atoms with van der Waals surface area (Å²) in [5.74, 6) is -1.10. The van der Waals surface area contributed by atoms with Gasteiger partial charge in [0.15, 0.2) is 6.10 Å². The number of alkyl halides is 3. The van der Waals surface area contributed by atoms with Gasteiger partial charge >= 0.3 is 12.1 Å². The van der Waals surface area contributed by atoms with Crippen LogP contribution in [0.5, 0.6) is 5.88 Å². The van der Waals surface area contributed by atoms with E-state index in [2.05, 4.69) is 33.7 Å². The van der Waals surface area contributed by atoms with Crippen molar-refractivity contribution in [1.82, 2.24) is 15.1 Å². The predicted molar refractivity (Wildman–Crippen MR) is 73.4 cm³/mol. The molecule has 1 saturated heterocycles. The zero-order chi connectivity index (χ0) is 16.7. The summed E-state index contributed by atoms with van der Waals surface area (Å²) < 4.78 is 48.2. The van der Waals surface area contributed by atoms with Crippen LogP contribution < -0.4 is 4.74 Å². The van der Waals surface area contributed by atoms with Crippen molar-refractivity contribution < 1.29 is 26.9 Å². The van der Waals surface area contributed by atoms with Gasteiger partial charge in [0, 0.05) is 24.2 Å². The number of hydrogen-bond acceptors (Lipinski definition) is 5. The van der Waals surface area contributed by atoms with Crippen molar-refractivity contribution in [2.24, 2.45) is 0 Å². The van der Waals surface area contributed by atoms with Crippen LogP contribution >= 0.6 is 0 Å². The van der Waals surface area contributed by atoms with Crippen molar-refractivity contribution in [3.05, 3.63) is 24.2 Å². The lowest BCUT2D eigenvalue weighted by Crippen LogP contribution is -2.38. The molecule has 0 aliphatic carbocycles. The van der Waals surface area contributed by atoms with Crippen LogP contribution in [-0.4, -0.2) is 52.9 Å². The van der Waals surface area contributed by atoms with Crippen LogP contribution in [0.4, 0.5) is 13.2 Å². The Bertz CT molecular complexity index is 682. The number of quaternary nitrogens is 1. The minimum Gasteiger partial charge on any atom is -0.468 e. The lowest BCUT2D eigenvalue weighted by Gasteiger charge is -2.23. The van der Waals surface area contributed by atoms with Crippen LogP contribution in [0.2, 0.25) is 0 Å². The quantitative estimate of drug-likeness (QED) is 0.809. The van der Waals surface area contributed by atoms with Gasteiger partial charge in [-0.2, -0.15) is 18.2 Å². The molecule has 1 fully saturated rings. The van der Waals surface area contributed by atoms with Gasteiger partial charge in [-0.3, -0.25) is 0 Å². The fraction of sp³-hybridized carbons (Fsp3) is 0.500. The van der Waals surface area contributed by atoms with E-state index in [0.717, 1.165) is 24.0 Å². The summed E-state index contributed by atoms with van der Waals surface area (Å²) in [6.45, 7) is 1.93. The molecular weight excluding hydrogens is 313 g/mol. The van der Waals surface area contributed by atoms with Crippen LogP contribution in [0, 0.1) is 0 Å². The Hall–Kier alpha value is -2.16. The molecule has 2 aromatic rings. The van der Waals surface area contributed by atoms with E-state index >= 15 is 0 Å². The van der Waals surface area contributed by atoms with Gasteiger partial charge in [-0.05, 0) is 6.07 Å². The molecule has 3 rings (SSSR count). The van der Waals surface area contributed by atoms with Crippen molar-refractivity contribution in [2.45, 2.75) is 18.7 Å². The van der Waals surface area contributed by atoms with Gasteiger partial charge < -0.3 is 13.7 Å². The fourth-order valence-corrected chi connectivity index (χ4v) is 2.53. The topological polar surface area (TPSA) is 61.0 Å². The van der Waals surface area contributed by atoms with Gasteiger partial charge in [0.05, 0.1) is 20.6 Å². The number of pyridine rings is 1. The summed E-state index contributed by atoms with van der Waals surface area (Å²) in [6, 6.07) is 3.15. The largest absolute Gasteiger partial charge is 0.471 e. The average molecular weight is 329 g/mol. The van der Waals surface area contributed by atoms with Crippen molar-refractivity contribution in [1.29, 1.82) is 0 Å². The smallest absolute Gasteiger partial charge is 0.468 e. The molecule has 0 spiro atoms. The van der Waals surface area contributed by atoms with E-state index < -0.39 is 12.1 Å². The van der Waals surface area contributed by atoms with Crippen LogP contribution in [0.15, 0.2) is 22.9 Å². The van der Waals surface area contributed by atoms with Crippen LogP contribution in [0.3, 0.4) is 0 Å². The zero-order valence-corrected chi connectivity index (χ0v) is 12.7. The lowest BCUT2D eigenvalue weighted by atomic mass is 10.2. The van der Waals surface area contributed by atoms with Gasteiger partial charge in [-0.15, -0.1) is 0 Å². The van der Waals surface area contributed by atoms with Gasteiger partial charge in [0.2, 0.25) is 11.7 Å². The first-order chi connectivity index (χ1) is 10.7. The number of nitrogens with zero attached hydrogens (tertiary/aromatic N) is 4. The average Bonchev–Trinajstić information content (AvgIpc) is 3.06. The van der Waals surface area contributed by atoms with E-state index in [1.807, 2.05) is 0 Å². The first-order valence-corrected chi connectivity index (χ1v) is 7.09. The van der Waals surface area contributed by atoms with Gasteiger partial charge in [-0.1, -0.05) is 5.16 Å². The summed E-state index contributed by atoms with van der Waals surface area (Å²) in [5, 5.41) is 3.32. The molecule has 1 aliphatic rings. The van der Waals surface area contributed by atoms with E-state index in [0.29, 0.717) is 11.4 Å². The van der Waals surface area contributed by atoms with E-state index in [1.165, 1.54) is 6.20 Å². The van der Waals surface area contributed by atoms with Crippen molar-refractivity contribution in [3.63, 3.8) is 0 Å².